The van der Waals surface area contributed by atoms with Crippen LogP contribution in [0.4, 0.5) is 23.2 Å². The number of halogens is 4. The Hall–Kier alpha value is -4.59. The first kappa shape index (κ1) is 25.1. The number of para-hydroxylation sites is 2. The Labute approximate surface area is 213 Å². The molecule has 1 atom stereocenters. The number of nitrogens with zero attached hydrogens (tertiary/aromatic N) is 4. The number of hydrogen-bond acceptors (Lipinski definition) is 4. The van der Waals surface area contributed by atoms with Gasteiger partial charge < -0.3 is 10.0 Å². The molecule has 0 unspecified atom stereocenters. The van der Waals surface area contributed by atoms with Gasteiger partial charge in [0.05, 0.1) is 46.0 Å². The van der Waals surface area contributed by atoms with Crippen molar-refractivity contribution in [2.75, 3.05) is 18.0 Å². The Bertz CT molecular complexity index is 1670. The second-order valence-corrected chi connectivity index (χ2v) is 9.01. The Morgan fingerprint density at radius 3 is 2.53 bits per heavy atom. The maximum atomic E-state index is 14.7. The number of carbonyl (C=O) groups is 1. The topological polar surface area (TPSA) is 91.3 Å². The third-order valence-corrected chi connectivity index (χ3v) is 6.81. The van der Waals surface area contributed by atoms with Crippen LogP contribution in [0.2, 0.25) is 0 Å². The Balaban J connectivity index is 1.64. The number of carboxylic acids is 1. The fourth-order valence-corrected chi connectivity index (χ4v) is 5.20. The normalized spacial score (nSPS) is 15.7. The predicted molar refractivity (Wildman–Crippen MR) is 131 cm³/mol. The van der Waals surface area contributed by atoms with Gasteiger partial charge >= 0.3 is 17.8 Å². The van der Waals surface area contributed by atoms with Crippen molar-refractivity contribution in [3.63, 3.8) is 0 Å². The summed E-state index contributed by atoms with van der Waals surface area (Å²) in [6.45, 7) is -0.0371. The van der Waals surface area contributed by atoms with Crippen molar-refractivity contribution >= 4 is 22.7 Å². The molecule has 0 saturated carbocycles. The molecule has 1 aromatic heterocycles. The van der Waals surface area contributed by atoms with Gasteiger partial charge in [-0.1, -0.05) is 30.3 Å². The molecule has 3 aromatic carbocycles. The van der Waals surface area contributed by atoms with E-state index in [4.69, 9.17) is 0 Å². The van der Waals surface area contributed by atoms with E-state index >= 15 is 0 Å². The third kappa shape index (κ3) is 4.18. The minimum absolute atomic E-state index is 0.00373. The van der Waals surface area contributed by atoms with Crippen LogP contribution >= 0.6 is 0 Å². The van der Waals surface area contributed by atoms with Crippen molar-refractivity contribution in [1.29, 1.82) is 5.26 Å². The van der Waals surface area contributed by atoms with Gasteiger partial charge in [0.2, 0.25) is 0 Å². The number of hydrogen-bond donors (Lipinski definition) is 1. The molecule has 1 N–H and O–H groups in total. The first-order valence-corrected chi connectivity index (χ1v) is 11.7. The van der Waals surface area contributed by atoms with Crippen LogP contribution in [-0.2, 0) is 12.7 Å². The van der Waals surface area contributed by atoms with Crippen molar-refractivity contribution in [2.45, 2.75) is 25.2 Å². The molecule has 0 aliphatic carbocycles. The number of rotatable bonds is 5. The van der Waals surface area contributed by atoms with Gasteiger partial charge in [0.1, 0.15) is 11.9 Å². The molecule has 2 heterocycles. The van der Waals surface area contributed by atoms with Gasteiger partial charge in [-0.3, -0.25) is 9.13 Å². The molecule has 0 radical (unpaired) electrons. The molecule has 7 nitrogen and oxygen atoms in total. The highest BCUT2D eigenvalue weighted by atomic mass is 19.4. The van der Waals surface area contributed by atoms with E-state index in [1.807, 2.05) is 6.07 Å². The summed E-state index contributed by atoms with van der Waals surface area (Å²) in [5.41, 5.74) is -1.50. The predicted octanol–water partition coefficient (Wildman–Crippen LogP) is 5.03. The molecule has 5 rings (SSSR count). The number of imidazole rings is 1. The molecule has 1 saturated heterocycles. The summed E-state index contributed by atoms with van der Waals surface area (Å²) in [5, 5.41) is 19.3. The first-order valence-electron chi connectivity index (χ1n) is 11.7. The molecule has 0 amide bonds. The molecule has 11 heteroatoms. The zero-order chi connectivity index (χ0) is 27.2. The Kier molecular flexibility index (Phi) is 6.18. The average molecular weight is 524 g/mol. The quantitative estimate of drug-likeness (QED) is 0.370. The van der Waals surface area contributed by atoms with Crippen molar-refractivity contribution in [1.82, 2.24) is 9.13 Å². The molecule has 4 aromatic rings. The molecule has 194 valence electrons. The van der Waals surface area contributed by atoms with Crippen molar-refractivity contribution in [2.24, 2.45) is 0 Å². The molecule has 0 spiro atoms. The molecule has 38 heavy (non-hydrogen) atoms. The summed E-state index contributed by atoms with van der Waals surface area (Å²) in [4.78, 5) is 27.5. The maximum absolute atomic E-state index is 14.7. The molecule has 1 aliphatic rings. The van der Waals surface area contributed by atoms with Gasteiger partial charge in [0.25, 0.3) is 0 Å². The SMILES string of the molecule is N#Cc1cccc(F)c1N1CC[C@@H](n2c(=O)n(Cc3ccccc3C(F)(F)F)c3c(C(=O)O)cccc32)C1. The summed E-state index contributed by atoms with van der Waals surface area (Å²) in [5.74, 6) is -1.92. The van der Waals surface area contributed by atoms with Crippen LogP contribution < -0.4 is 10.6 Å². The lowest BCUT2D eigenvalue weighted by Gasteiger charge is -2.21. The number of alkyl halides is 3. The van der Waals surface area contributed by atoms with Crippen molar-refractivity contribution in [3.8, 4) is 6.07 Å². The van der Waals surface area contributed by atoms with Crippen LogP contribution in [0.15, 0.2) is 65.5 Å². The Morgan fingerprint density at radius 2 is 1.82 bits per heavy atom. The van der Waals surface area contributed by atoms with Crippen molar-refractivity contribution in [3.05, 3.63) is 99.2 Å². The molecular formula is C27H20F4N4O3. The summed E-state index contributed by atoms with van der Waals surface area (Å²) in [6, 6.07) is 14.7. The second kappa shape index (κ2) is 9.37. The average Bonchev–Trinajstić information content (AvgIpc) is 3.45. The van der Waals surface area contributed by atoms with Gasteiger partial charge in [-0.25, -0.2) is 14.0 Å². The van der Waals surface area contributed by atoms with Gasteiger partial charge in [0.15, 0.2) is 0 Å². The molecule has 1 fully saturated rings. The van der Waals surface area contributed by atoms with E-state index in [-0.39, 0.29) is 40.0 Å². The van der Waals surface area contributed by atoms with Crippen LogP contribution in [0.5, 0.6) is 0 Å². The van der Waals surface area contributed by atoms with E-state index in [2.05, 4.69) is 0 Å². The number of carboxylic acid groups (broad SMARTS) is 1. The largest absolute Gasteiger partial charge is 0.478 e. The minimum atomic E-state index is -4.67. The monoisotopic (exact) mass is 524 g/mol. The highest BCUT2D eigenvalue weighted by Gasteiger charge is 2.35. The zero-order valence-electron chi connectivity index (χ0n) is 19.7. The molecule has 0 bridgehead atoms. The summed E-state index contributed by atoms with van der Waals surface area (Å²) >= 11 is 0. The molecular weight excluding hydrogens is 504 g/mol. The fourth-order valence-electron chi connectivity index (χ4n) is 5.20. The smallest absolute Gasteiger partial charge is 0.416 e. The number of anilines is 1. The standard InChI is InChI=1S/C27H20F4N4O3/c28-21-9-3-6-16(13-32)23(21)33-12-11-18(15-33)35-22-10-4-7-19(25(36)37)24(22)34(26(35)38)14-17-5-1-2-8-20(17)27(29,30)31/h1-10,18H,11-12,14-15H2,(H,36,37)/t18-/m1/s1. The van der Waals surface area contributed by atoms with Crippen LogP contribution in [0, 0.1) is 17.1 Å². The lowest BCUT2D eigenvalue weighted by Crippen LogP contribution is -2.30. The maximum Gasteiger partial charge on any atom is 0.416 e. The van der Waals surface area contributed by atoms with Crippen molar-refractivity contribution < 1.29 is 27.5 Å². The van der Waals surface area contributed by atoms with E-state index in [1.165, 1.54) is 53.1 Å². The Morgan fingerprint density at radius 1 is 1.08 bits per heavy atom. The highest BCUT2D eigenvalue weighted by Crippen LogP contribution is 2.35. The third-order valence-electron chi connectivity index (χ3n) is 6.81. The highest BCUT2D eigenvalue weighted by molar-refractivity contribution is 6.01. The van der Waals surface area contributed by atoms with Gasteiger partial charge in [-0.15, -0.1) is 0 Å². The minimum Gasteiger partial charge on any atom is -0.478 e. The van der Waals surface area contributed by atoms with Crippen LogP contribution in [0.3, 0.4) is 0 Å². The van der Waals surface area contributed by atoms with E-state index in [9.17, 15) is 37.5 Å². The summed E-state index contributed by atoms with van der Waals surface area (Å²) in [6.07, 6.45) is -4.30. The zero-order valence-corrected chi connectivity index (χ0v) is 19.7. The van der Waals surface area contributed by atoms with Gasteiger partial charge in [0, 0.05) is 13.1 Å². The fraction of sp³-hybridized carbons (Fsp3) is 0.222. The lowest BCUT2D eigenvalue weighted by molar-refractivity contribution is -0.138. The van der Waals surface area contributed by atoms with E-state index in [1.54, 1.807) is 11.0 Å². The molecule has 1 aliphatic heterocycles. The van der Waals surface area contributed by atoms with E-state index < -0.39 is 41.8 Å². The first-order chi connectivity index (χ1) is 18.1. The van der Waals surface area contributed by atoms with Crippen LogP contribution in [0.25, 0.3) is 11.0 Å². The summed E-state index contributed by atoms with van der Waals surface area (Å²) < 4.78 is 58.1. The summed E-state index contributed by atoms with van der Waals surface area (Å²) in [7, 11) is 0. The van der Waals surface area contributed by atoms with E-state index in [0.717, 1.165) is 10.6 Å². The number of nitriles is 1. The number of fused-ring (bicyclic) bond motifs is 1. The second-order valence-electron chi connectivity index (χ2n) is 9.01. The van der Waals surface area contributed by atoms with Crippen LogP contribution in [-0.4, -0.2) is 33.3 Å². The number of aromatic carboxylic acids is 1. The van der Waals surface area contributed by atoms with Gasteiger partial charge in [-0.05, 0) is 42.3 Å². The van der Waals surface area contributed by atoms with Crippen LogP contribution in [0.1, 0.15) is 39.5 Å². The lowest BCUT2D eigenvalue weighted by atomic mass is 10.1. The number of aromatic nitrogens is 2. The van der Waals surface area contributed by atoms with Gasteiger partial charge in [-0.2, -0.15) is 18.4 Å². The number of benzene rings is 3. The van der Waals surface area contributed by atoms with E-state index in [0.29, 0.717) is 13.0 Å².